The number of rotatable bonds is 1. The highest BCUT2D eigenvalue weighted by atomic mass is 16.5. The number of carbonyl (C=O) groups excluding carboxylic acids is 1. The molecular formula is C11H14N2O2. The van der Waals surface area contributed by atoms with E-state index in [9.17, 15) is 4.79 Å². The number of ether oxygens (including phenoxy) is 1. The summed E-state index contributed by atoms with van der Waals surface area (Å²) in [6, 6.07) is 5.62. The van der Waals surface area contributed by atoms with E-state index in [2.05, 4.69) is 12.2 Å². The lowest BCUT2D eigenvalue weighted by Crippen LogP contribution is -2.28. The van der Waals surface area contributed by atoms with Crippen molar-refractivity contribution in [3.63, 3.8) is 0 Å². The summed E-state index contributed by atoms with van der Waals surface area (Å²) in [7, 11) is 0. The molecule has 1 aromatic rings. The fraction of sp³-hybridized carbons (Fsp3) is 0.364. The summed E-state index contributed by atoms with van der Waals surface area (Å²) >= 11 is 0. The van der Waals surface area contributed by atoms with Crippen molar-refractivity contribution in [2.24, 2.45) is 5.73 Å². The molecule has 1 aliphatic rings. The molecule has 1 atom stereocenters. The molecule has 1 aromatic carbocycles. The van der Waals surface area contributed by atoms with Crippen LogP contribution < -0.4 is 15.8 Å². The number of benzene rings is 1. The molecular weight excluding hydrogens is 192 g/mol. The lowest BCUT2D eigenvalue weighted by atomic mass is 10.1. The largest absolute Gasteiger partial charge is 0.492 e. The maximum atomic E-state index is 11.0. The van der Waals surface area contributed by atoms with Crippen LogP contribution in [0.25, 0.3) is 0 Å². The second-order valence-corrected chi connectivity index (χ2v) is 3.78. The molecule has 0 aliphatic carbocycles. The van der Waals surface area contributed by atoms with Gasteiger partial charge in [-0.25, -0.2) is 0 Å². The molecule has 3 N–H and O–H groups in total. The summed E-state index contributed by atoms with van der Waals surface area (Å²) in [5.74, 6) is 0.329. The minimum Gasteiger partial charge on any atom is -0.492 e. The third kappa shape index (κ3) is 2.10. The van der Waals surface area contributed by atoms with E-state index in [0.717, 1.165) is 17.9 Å². The minimum atomic E-state index is -0.424. The summed E-state index contributed by atoms with van der Waals surface area (Å²) < 4.78 is 5.58. The third-order valence-corrected chi connectivity index (χ3v) is 2.48. The summed E-state index contributed by atoms with van der Waals surface area (Å²) in [4.78, 5) is 11.0. The van der Waals surface area contributed by atoms with Gasteiger partial charge in [-0.3, -0.25) is 4.79 Å². The number of nitrogens with two attached hydrogens (primary N) is 1. The van der Waals surface area contributed by atoms with Gasteiger partial charge in [0.2, 0.25) is 5.91 Å². The Kier molecular flexibility index (Phi) is 2.60. The van der Waals surface area contributed by atoms with Crippen LogP contribution in [0.4, 0.5) is 0 Å². The normalized spacial score (nSPS) is 19.9. The second kappa shape index (κ2) is 3.90. The van der Waals surface area contributed by atoms with Gasteiger partial charge in [0.15, 0.2) is 0 Å². The predicted molar refractivity (Wildman–Crippen MR) is 56.8 cm³/mol. The van der Waals surface area contributed by atoms with Gasteiger partial charge in [0, 0.05) is 23.7 Å². The zero-order valence-corrected chi connectivity index (χ0v) is 8.62. The molecule has 0 fully saturated rings. The van der Waals surface area contributed by atoms with Crippen LogP contribution in [0.15, 0.2) is 18.2 Å². The van der Waals surface area contributed by atoms with Crippen LogP contribution in [-0.4, -0.2) is 18.6 Å². The Morgan fingerprint density at radius 2 is 2.40 bits per heavy atom. The van der Waals surface area contributed by atoms with Crippen LogP contribution in [-0.2, 0) is 6.54 Å². The van der Waals surface area contributed by atoms with Crippen molar-refractivity contribution >= 4 is 5.91 Å². The SMILES string of the molecule is CC1COc2cc(C(N)=O)ccc2CN1. The fourth-order valence-corrected chi connectivity index (χ4v) is 1.55. The van der Waals surface area contributed by atoms with Gasteiger partial charge in [-0.15, -0.1) is 0 Å². The van der Waals surface area contributed by atoms with Crippen LogP contribution >= 0.6 is 0 Å². The number of nitrogens with one attached hydrogen (secondary N) is 1. The van der Waals surface area contributed by atoms with E-state index in [-0.39, 0.29) is 0 Å². The molecule has 0 spiro atoms. The van der Waals surface area contributed by atoms with Crippen molar-refractivity contribution in [3.8, 4) is 5.75 Å². The molecule has 0 radical (unpaired) electrons. The molecule has 1 unspecified atom stereocenters. The van der Waals surface area contributed by atoms with Crippen LogP contribution in [0.3, 0.4) is 0 Å². The topological polar surface area (TPSA) is 64.3 Å². The highest BCUT2D eigenvalue weighted by Crippen LogP contribution is 2.22. The van der Waals surface area contributed by atoms with Gasteiger partial charge in [0.1, 0.15) is 12.4 Å². The molecule has 2 rings (SSSR count). The quantitative estimate of drug-likeness (QED) is 0.709. The number of hydrogen-bond acceptors (Lipinski definition) is 3. The van der Waals surface area contributed by atoms with E-state index in [4.69, 9.17) is 10.5 Å². The Hall–Kier alpha value is -1.55. The molecule has 0 aromatic heterocycles. The first-order valence-corrected chi connectivity index (χ1v) is 4.96. The van der Waals surface area contributed by atoms with Crippen molar-refractivity contribution in [1.29, 1.82) is 0 Å². The molecule has 4 heteroatoms. The monoisotopic (exact) mass is 206 g/mol. The summed E-state index contributed by atoms with van der Waals surface area (Å²) in [5.41, 5.74) is 6.75. The molecule has 80 valence electrons. The number of carbonyl (C=O) groups is 1. The van der Waals surface area contributed by atoms with Crippen molar-refractivity contribution in [3.05, 3.63) is 29.3 Å². The van der Waals surface area contributed by atoms with Crippen LogP contribution in [0.2, 0.25) is 0 Å². The van der Waals surface area contributed by atoms with E-state index >= 15 is 0 Å². The van der Waals surface area contributed by atoms with Gasteiger partial charge in [-0.05, 0) is 19.1 Å². The number of amides is 1. The maximum absolute atomic E-state index is 11.0. The highest BCUT2D eigenvalue weighted by molar-refractivity contribution is 5.93. The molecule has 4 nitrogen and oxygen atoms in total. The lowest BCUT2D eigenvalue weighted by Gasteiger charge is -2.08. The number of fused-ring (bicyclic) bond motifs is 1. The molecule has 0 bridgehead atoms. The van der Waals surface area contributed by atoms with E-state index in [1.165, 1.54) is 0 Å². The summed E-state index contributed by atoms with van der Waals surface area (Å²) in [5, 5.41) is 3.31. The third-order valence-electron chi connectivity index (χ3n) is 2.48. The van der Waals surface area contributed by atoms with Gasteiger partial charge in [-0.1, -0.05) is 6.07 Å². The zero-order chi connectivity index (χ0) is 10.8. The Morgan fingerprint density at radius 3 is 3.13 bits per heavy atom. The van der Waals surface area contributed by atoms with Crippen molar-refractivity contribution in [2.45, 2.75) is 19.5 Å². The Labute approximate surface area is 88.4 Å². The predicted octanol–water partition coefficient (Wildman–Crippen LogP) is 0.656. The van der Waals surface area contributed by atoms with Crippen molar-refractivity contribution in [1.82, 2.24) is 5.32 Å². The smallest absolute Gasteiger partial charge is 0.248 e. The first kappa shape index (κ1) is 9.98. The zero-order valence-electron chi connectivity index (χ0n) is 8.62. The number of hydrogen-bond donors (Lipinski definition) is 2. The van der Waals surface area contributed by atoms with E-state index in [0.29, 0.717) is 18.2 Å². The lowest BCUT2D eigenvalue weighted by molar-refractivity contribution is 0.1000. The Morgan fingerprint density at radius 1 is 1.60 bits per heavy atom. The van der Waals surface area contributed by atoms with E-state index < -0.39 is 5.91 Å². The molecule has 1 aliphatic heterocycles. The standard InChI is InChI=1S/C11H14N2O2/c1-7-6-15-10-4-8(11(12)14)2-3-9(10)5-13-7/h2-4,7,13H,5-6H2,1H3,(H2,12,14). The maximum Gasteiger partial charge on any atom is 0.248 e. The first-order chi connectivity index (χ1) is 7.16. The fourth-order valence-electron chi connectivity index (χ4n) is 1.55. The Balaban J connectivity index is 2.32. The summed E-state index contributed by atoms with van der Waals surface area (Å²) in [6.45, 7) is 3.42. The molecule has 1 heterocycles. The average Bonchev–Trinajstić information content (AvgIpc) is 2.40. The van der Waals surface area contributed by atoms with Crippen LogP contribution in [0, 0.1) is 0 Å². The van der Waals surface area contributed by atoms with Gasteiger partial charge < -0.3 is 15.8 Å². The van der Waals surface area contributed by atoms with Gasteiger partial charge in [0.05, 0.1) is 0 Å². The van der Waals surface area contributed by atoms with Crippen molar-refractivity contribution < 1.29 is 9.53 Å². The van der Waals surface area contributed by atoms with Crippen LogP contribution in [0.5, 0.6) is 5.75 Å². The van der Waals surface area contributed by atoms with E-state index in [1.807, 2.05) is 6.07 Å². The van der Waals surface area contributed by atoms with Gasteiger partial charge in [0.25, 0.3) is 0 Å². The van der Waals surface area contributed by atoms with Gasteiger partial charge >= 0.3 is 0 Å². The van der Waals surface area contributed by atoms with Crippen LogP contribution in [0.1, 0.15) is 22.8 Å². The van der Waals surface area contributed by atoms with Crippen molar-refractivity contribution in [2.75, 3.05) is 6.61 Å². The average molecular weight is 206 g/mol. The summed E-state index contributed by atoms with van der Waals surface area (Å²) in [6.07, 6.45) is 0. The molecule has 1 amide bonds. The molecule has 0 saturated heterocycles. The Bertz CT molecular complexity index is 390. The number of primary amides is 1. The first-order valence-electron chi connectivity index (χ1n) is 4.96. The molecule has 0 saturated carbocycles. The van der Waals surface area contributed by atoms with E-state index in [1.54, 1.807) is 12.1 Å². The minimum absolute atomic E-state index is 0.314. The second-order valence-electron chi connectivity index (χ2n) is 3.78. The highest BCUT2D eigenvalue weighted by Gasteiger charge is 2.14. The molecule has 15 heavy (non-hydrogen) atoms. The van der Waals surface area contributed by atoms with Gasteiger partial charge in [-0.2, -0.15) is 0 Å².